The Morgan fingerprint density at radius 3 is 2.82 bits per heavy atom. The molecule has 114 valence electrons. The van der Waals surface area contributed by atoms with Crippen molar-refractivity contribution in [3.63, 3.8) is 0 Å². The van der Waals surface area contributed by atoms with E-state index in [-0.39, 0.29) is 17.8 Å². The van der Waals surface area contributed by atoms with Crippen LogP contribution in [0.1, 0.15) is 45.3 Å². The third-order valence-electron chi connectivity index (χ3n) is 4.85. The Bertz CT molecular complexity index is 757. The highest BCUT2D eigenvalue weighted by Gasteiger charge is 2.58. The van der Waals surface area contributed by atoms with Gasteiger partial charge in [0, 0.05) is 5.56 Å². The summed E-state index contributed by atoms with van der Waals surface area (Å²) in [6.45, 7) is 6.47. The van der Waals surface area contributed by atoms with Crippen molar-refractivity contribution in [1.29, 1.82) is 0 Å². The van der Waals surface area contributed by atoms with Gasteiger partial charge in [-0.15, -0.1) is 0 Å². The van der Waals surface area contributed by atoms with Gasteiger partial charge in [0.25, 0.3) is 0 Å². The standard InChI is InChI=1S/C20H22O2/c1-13(2)7-6-12-20(3)19-18(21-19)17-15-9-5-4-8-14(15)10-11-16(17)22-20/h4-5,7-11,18-19H,6,12H2,1-3H3. The van der Waals surface area contributed by atoms with Crippen molar-refractivity contribution in [3.8, 4) is 5.75 Å². The molecule has 0 aliphatic carbocycles. The van der Waals surface area contributed by atoms with E-state index in [9.17, 15) is 0 Å². The van der Waals surface area contributed by atoms with E-state index in [4.69, 9.17) is 9.47 Å². The first-order valence-electron chi connectivity index (χ1n) is 8.08. The molecule has 2 nitrogen and oxygen atoms in total. The lowest BCUT2D eigenvalue weighted by Crippen LogP contribution is -2.41. The number of allylic oxidation sites excluding steroid dienone is 2. The molecule has 2 aromatic carbocycles. The van der Waals surface area contributed by atoms with Crippen LogP contribution in [0.4, 0.5) is 0 Å². The predicted octanol–water partition coefficient (Wildman–Crippen LogP) is 5.18. The highest BCUT2D eigenvalue weighted by Crippen LogP contribution is 2.56. The normalized spacial score (nSPS) is 28.5. The van der Waals surface area contributed by atoms with E-state index in [0.717, 1.165) is 18.6 Å². The van der Waals surface area contributed by atoms with Crippen molar-refractivity contribution >= 4 is 10.8 Å². The third-order valence-corrected chi connectivity index (χ3v) is 4.85. The van der Waals surface area contributed by atoms with Gasteiger partial charge in [0.2, 0.25) is 0 Å². The Hall–Kier alpha value is -1.80. The summed E-state index contributed by atoms with van der Waals surface area (Å²) in [5.41, 5.74) is 2.38. The van der Waals surface area contributed by atoms with Crippen LogP contribution in [-0.4, -0.2) is 11.7 Å². The van der Waals surface area contributed by atoms with Gasteiger partial charge in [-0.1, -0.05) is 42.0 Å². The first kappa shape index (κ1) is 13.8. The molecular formula is C20H22O2. The minimum Gasteiger partial charge on any atom is -0.484 e. The topological polar surface area (TPSA) is 21.8 Å². The van der Waals surface area contributed by atoms with Crippen molar-refractivity contribution in [2.75, 3.05) is 0 Å². The molecule has 0 spiro atoms. The maximum Gasteiger partial charge on any atom is 0.135 e. The molecule has 0 amide bonds. The maximum absolute atomic E-state index is 6.41. The molecule has 4 rings (SSSR count). The number of hydrogen-bond acceptors (Lipinski definition) is 2. The van der Waals surface area contributed by atoms with Gasteiger partial charge in [-0.25, -0.2) is 0 Å². The van der Waals surface area contributed by atoms with Gasteiger partial charge in [-0.05, 0) is 50.5 Å². The molecule has 1 saturated heterocycles. The van der Waals surface area contributed by atoms with E-state index >= 15 is 0 Å². The van der Waals surface area contributed by atoms with Gasteiger partial charge in [0.1, 0.15) is 23.6 Å². The van der Waals surface area contributed by atoms with Gasteiger partial charge in [-0.2, -0.15) is 0 Å². The van der Waals surface area contributed by atoms with E-state index in [1.807, 2.05) is 0 Å². The second-order valence-electron chi connectivity index (χ2n) is 6.91. The van der Waals surface area contributed by atoms with Crippen LogP contribution in [0.2, 0.25) is 0 Å². The lowest BCUT2D eigenvalue weighted by Gasteiger charge is -2.33. The molecular weight excluding hydrogens is 272 g/mol. The molecule has 2 aliphatic heterocycles. The van der Waals surface area contributed by atoms with Crippen LogP contribution in [0.5, 0.6) is 5.75 Å². The zero-order chi connectivity index (χ0) is 15.3. The number of benzene rings is 2. The Morgan fingerprint density at radius 2 is 2.00 bits per heavy atom. The Labute approximate surface area is 131 Å². The molecule has 0 saturated carbocycles. The summed E-state index contributed by atoms with van der Waals surface area (Å²) in [4.78, 5) is 0. The molecule has 3 atom stereocenters. The number of epoxide rings is 1. The molecule has 0 radical (unpaired) electrons. The van der Waals surface area contributed by atoms with Gasteiger partial charge in [0.15, 0.2) is 0 Å². The Balaban J connectivity index is 1.69. The number of fused-ring (bicyclic) bond motifs is 5. The molecule has 2 aliphatic rings. The molecule has 22 heavy (non-hydrogen) atoms. The SMILES string of the molecule is CC(C)=CCCC1(C)Oc2ccc3ccccc3c2C2OC21. The Morgan fingerprint density at radius 1 is 1.18 bits per heavy atom. The summed E-state index contributed by atoms with van der Waals surface area (Å²) in [5.74, 6) is 0.997. The molecule has 2 heteroatoms. The number of ether oxygens (including phenoxy) is 2. The van der Waals surface area contributed by atoms with Crippen molar-refractivity contribution in [3.05, 3.63) is 53.6 Å². The van der Waals surface area contributed by atoms with E-state index in [1.165, 1.54) is 21.9 Å². The fourth-order valence-electron chi connectivity index (χ4n) is 3.60. The predicted molar refractivity (Wildman–Crippen MR) is 89.3 cm³/mol. The van der Waals surface area contributed by atoms with Gasteiger partial charge in [-0.3, -0.25) is 0 Å². The largest absolute Gasteiger partial charge is 0.484 e. The van der Waals surface area contributed by atoms with Gasteiger partial charge >= 0.3 is 0 Å². The summed E-state index contributed by atoms with van der Waals surface area (Å²) in [6, 6.07) is 12.7. The third kappa shape index (κ3) is 2.14. The van der Waals surface area contributed by atoms with Gasteiger partial charge < -0.3 is 9.47 Å². The average Bonchev–Trinajstić information content (AvgIpc) is 3.28. The molecule has 0 N–H and O–H groups in total. The molecule has 2 heterocycles. The monoisotopic (exact) mass is 294 g/mol. The van der Waals surface area contributed by atoms with Crippen molar-refractivity contribution in [2.24, 2.45) is 0 Å². The van der Waals surface area contributed by atoms with E-state index in [0.29, 0.717) is 0 Å². The smallest absolute Gasteiger partial charge is 0.135 e. The number of hydrogen-bond donors (Lipinski definition) is 0. The van der Waals surface area contributed by atoms with Crippen molar-refractivity contribution in [1.82, 2.24) is 0 Å². The van der Waals surface area contributed by atoms with Crippen LogP contribution in [0.3, 0.4) is 0 Å². The molecule has 2 aromatic rings. The van der Waals surface area contributed by atoms with Crippen molar-refractivity contribution in [2.45, 2.75) is 51.4 Å². The van der Waals surface area contributed by atoms with Crippen LogP contribution in [-0.2, 0) is 4.74 Å². The summed E-state index contributed by atoms with van der Waals surface area (Å²) in [6.07, 6.45) is 4.70. The van der Waals surface area contributed by atoms with Crippen molar-refractivity contribution < 1.29 is 9.47 Å². The first-order chi connectivity index (χ1) is 10.6. The van der Waals surface area contributed by atoms with Gasteiger partial charge in [0.05, 0.1) is 0 Å². The lowest BCUT2D eigenvalue weighted by atomic mass is 9.87. The minimum absolute atomic E-state index is 0.191. The molecule has 1 fully saturated rings. The molecule has 0 aromatic heterocycles. The van der Waals surface area contributed by atoms with E-state index in [2.05, 4.69) is 63.2 Å². The zero-order valence-corrected chi connectivity index (χ0v) is 13.4. The van der Waals surface area contributed by atoms with Crippen LogP contribution >= 0.6 is 0 Å². The fourth-order valence-corrected chi connectivity index (χ4v) is 3.60. The highest BCUT2D eigenvalue weighted by molar-refractivity contribution is 5.88. The lowest BCUT2D eigenvalue weighted by molar-refractivity contribution is 0.0462. The summed E-state index contributed by atoms with van der Waals surface area (Å²) in [7, 11) is 0. The number of rotatable bonds is 3. The van der Waals surface area contributed by atoms with E-state index in [1.54, 1.807) is 0 Å². The second-order valence-corrected chi connectivity index (χ2v) is 6.91. The fraction of sp³-hybridized carbons (Fsp3) is 0.400. The van der Waals surface area contributed by atoms with Crippen LogP contribution < -0.4 is 4.74 Å². The average molecular weight is 294 g/mol. The van der Waals surface area contributed by atoms with E-state index < -0.39 is 0 Å². The molecule has 0 bridgehead atoms. The zero-order valence-electron chi connectivity index (χ0n) is 13.4. The Kier molecular flexibility index (Phi) is 3.05. The quantitative estimate of drug-likeness (QED) is 0.575. The highest BCUT2D eigenvalue weighted by atomic mass is 16.6. The van der Waals surface area contributed by atoms with Crippen LogP contribution in [0.15, 0.2) is 48.0 Å². The maximum atomic E-state index is 6.41. The summed E-state index contributed by atoms with van der Waals surface area (Å²) in [5, 5.41) is 2.52. The summed E-state index contributed by atoms with van der Waals surface area (Å²) < 4.78 is 12.4. The van der Waals surface area contributed by atoms with Crippen LogP contribution in [0.25, 0.3) is 10.8 Å². The summed E-state index contributed by atoms with van der Waals surface area (Å²) >= 11 is 0. The van der Waals surface area contributed by atoms with Crippen LogP contribution in [0, 0.1) is 0 Å². The second kappa shape index (κ2) is 4.85. The molecule has 3 unspecified atom stereocenters. The minimum atomic E-state index is -0.216. The first-order valence-corrected chi connectivity index (χ1v) is 8.08.